The summed E-state index contributed by atoms with van der Waals surface area (Å²) in [6.45, 7) is 2.08. The summed E-state index contributed by atoms with van der Waals surface area (Å²) in [6.07, 6.45) is 0.967. The lowest BCUT2D eigenvalue weighted by Gasteiger charge is -2.07. The zero-order chi connectivity index (χ0) is 12.4. The summed E-state index contributed by atoms with van der Waals surface area (Å²) in [5.41, 5.74) is 1.95. The molecule has 0 unspecified atom stereocenters. The molecule has 1 heterocycles. The zero-order valence-corrected chi connectivity index (χ0v) is 9.86. The Labute approximate surface area is 98.6 Å². The third kappa shape index (κ3) is 2.20. The number of hydrogen-bond donors (Lipinski definition) is 1. The van der Waals surface area contributed by atoms with Gasteiger partial charge >= 0.3 is 5.69 Å². The molecule has 4 heteroatoms. The van der Waals surface area contributed by atoms with Gasteiger partial charge in [0.05, 0.1) is 5.69 Å². The van der Waals surface area contributed by atoms with Crippen molar-refractivity contribution < 1.29 is 0 Å². The summed E-state index contributed by atoms with van der Waals surface area (Å²) < 4.78 is 1.43. The van der Waals surface area contributed by atoms with E-state index in [0.29, 0.717) is 5.69 Å². The quantitative estimate of drug-likeness (QED) is 0.845. The van der Waals surface area contributed by atoms with Gasteiger partial charge in [-0.3, -0.25) is 14.3 Å². The molecule has 0 aliphatic heterocycles. The molecule has 0 bridgehead atoms. The SMILES string of the molecule is CCc1ccc(-c2cc(=O)[nH]c(=O)n2C)cc1. The van der Waals surface area contributed by atoms with Crippen molar-refractivity contribution in [2.24, 2.45) is 7.05 Å². The lowest BCUT2D eigenvalue weighted by atomic mass is 10.1. The zero-order valence-electron chi connectivity index (χ0n) is 9.86. The van der Waals surface area contributed by atoms with Crippen LogP contribution in [-0.4, -0.2) is 9.55 Å². The van der Waals surface area contributed by atoms with E-state index in [-0.39, 0.29) is 5.56 Å². The van der Waals surface area contributed by atoms with Gasteiger partial charge in [0.15, 0.2) is 0 Å². The van der Waals surface area contributed by atoms with Crippen molar-refractivity contribution >= 4 is 0 Å². The second kappa shape index (κ2) is 4.41. The molecular weight excluding hydrogens is 216 g/mol. The first-order chi connectivity index (χ1) is 8.11. The van der Waals surface area contributed by atoms with Crippen molar-refractivity contribution in [3.63, 3.8) is 0 Å². The maximum absolute atomic E-state index is 11.5. The highest BCUT2D eigenvalue weighted by atomic mass is 16.2. The van der Waals surface area contributed by atoms with Crippen LogP contribution in [0.5, 0.6) is 0 Å². The molecule has 4 nitrogen and oxygen atoms in total. The molecule has 1 aromatic heterocycles. The topological polar surface area (TPSA) is 54.9 Å². The second-order valence-corrected chi connectivity index (χ2v) is 3.93. The smallest absolute Gasteiger partial charge is 0.296 e. The van der Waals surface area contributed by atoms with Gasteiger partial charge in [0.2, 0.25) is 0 Å². The minimum absolute atomic E-state index is 0.373. The average Bonchev–Trinajstić information content (AvgIpc) is 2.34. The molecule has 0 radical (unpaired) electrons. The van der Waals surface area contributed by atoms with E-state index in [9.17, 15) is 9.59 Å². The third-order valence-electron chi connectivity index (χ3n) is 2.82. The Kier molecular flexibility index (Phi) is 2.95. The van der Waals surface area contributed by atoms with Gasteiger partial charge in [0.25, 0.3) is 5.56 Å². The minimum atomic E-state index is -0.396. The van der Waals surface area contributed by atoms with E-state index in [2.05, 4.69) is 11.9 Å². The fourth-order valence-electron chi connectivity index (χ4n) is 1.74. The van der Waals surface area contributed by atoms with Crippen molar-refractivity contribution in [2.75, 3.05) is 0 Å². The first-order valence-corrected chi connectivity index (χ1v) is 5.51. The van der Waals surface area contributed by atoms with Crippen molar-refractivity contribution in [2.45, 2.75) is 13.3 Å². The van der Waals surface area contributed by atoms with Crippen LogP contribution in [0.4, 0.5) is 0 Å². The largest absolute Gasteiger partial charge is 0.328 e. The van der Waals surface area contributed by atoms with Crippen LogP contribution in [0.1, 0.15) is 12.5 Å². The fraction of sp³-hybridized carbons (Fsp3) is 0.231. The maximum atomic E-state index is 11.5. The van der Waals surface area contributed by atoms with E-state index < -0.39 is 5.69 Å². The molecule has 0 fully saturated rings. The van der Waals surface area contributed by atoms with Gasteiger partial charge in [-0.25, -0.2) is 4.79 Å². The maximum Gasteiger partial charge on any atom is 0.328 e. The lowest BCUT2D eigenvalue weighted by molar-refractivity contribution is 0.809. The Bertz CT molecular complexity index is 636. The van der Waals surface area contributed by atoms with Crippen LogP contribution in [0, 0.1) is 0 Å². The van der Waals surface area contributed by atoms with Gasteiger partial charge in [-0.05, 0) is 17.5 Å². The summed E-state index contributed by atoms with van der Waals surface area (Å²) >= 11 is 0. The van der Waals surface area contributed by atoms with E-state index in [1.807, 2.05) is 24.3 Å². The predicted octanol–water partition coefficient (Wildman–Crippen LogP) is 1.30. The molecule has 0 aliphatic carbocycles. The minimum Gasteiger partial charge on any atom is -0.296 e. The first-order valence-electron chi connectivity index (χ1n) is 5.51. The average molecular weight is 230 g/mol. The van der Waals surface area contributed by atoms with Gasteiger partial charge in [0, 0.05) is 13.1 Å². The Morgan fingerprint density at radius 3 is 2.41 bits per heavy atom. The molecule has 0 spiro atoms. The van der Waals surface area contributed by atoms with Crippen LogP contribution in [0.25, 0.3) is 11.3 Å². The lowest BCUT2D eigenvalue weighted by Crippen LogP contribution is -2.28. The molecular formula is C13H14N2O2. The fourth-order valence-corrected chi connectivity index (χ4v) is 1.74. The van der Waals surface area contributed by atoms with Gasteiger partial charge in [-0.2, -0.15) is 0 Å². The Morgan fingerprint density at radius 1 is 1.18 bits per heavy atom. The van der Waals surface area contributed by atoms with Crippen molar-refractivity contribution in [1.82, 2.24) is 9.55 Å². The molecule has 2 rings (SSSR count). The Balaban J connectivity index is 2.60. The molecule has 0 amide bonds. The Hall–Kier alpha value is -2.10. The summed E-state index contributed by atoms with van der Waals surface area (Å²) in [7, 11) is 1.64. The second-order valence-electron chi connectivity index (χ2n) is 3.93. The summed E-state index contributed by atoms with van der Waals surface area (Å²) in [4.78, 5) is 25.0. The molecule has 88 valence electrons. The van der Waals surface area contributed by atoms with Crippen molar-refractivity contribution in [3.05, 3.63) is 56.7 Å². The third-order valence-corrected chi connectivity index (χ3v) is 2.82. The van der Waals surface area contributed by atoms with E-state index in [1.165, 1.54) is 16.2 Å². The van der Waals surface area contributed by atoms with Crippen LogP contribution in [-0.2, 0) is 13.5 Å². The number of aromatic nitrogens is 2. The van der Waals surface area contributed by atoms with E-state index in [0.717, 1.165) is 12.0 Å². The standard InChI is InChI=1S/C13H14N2O2/c1-3-9-4-6-10(7-5-9)11-8-12(16)14-13(17)15(11)2/h4-8H,3H2,1-2H3,(H,14,16,17). The predicted molar refractivity (Wildman–Crippen MR) is 67.1 cm³/mol. The van der Waals surface area contributed by atoms with E-state index in [4.69, 9.17) is 0 Å². The van der Waals surface area contributed by atoms with Crippen molar-refractivity contribution in [1.29, 1.82) is 0 Å². The van der Waals surface area contributed by atoms with Crippen LogP contribution in [0.2, 0.25) is 0 Å². The number of aromatic amines is 1. The molecule has 0 saturated carbocycles. The number of hydrogen-bond acceptors (Lipinski definition) is 2. The number of nitrogens with one attached hydrogen (secondary N) is 1. The molecule has 1 N–H and O–H groups in total. The van der Waals surface area contributed by atoms with Crippen LogP contribution >= 0.6 is 0 Å². The van der Waals surface area contributed by atoms with Crippen molar-refractivity contribution in [3.8, 4) is 11.3 Å². The molecule has 0 atom stereocenters. The monoisotopic (exact) mass is 230 g/mol. The van der Waals surface area contributed by atoms with Gasteiger partial charge in [-0.1, -0.05) is 31.2 Å². The van der Waals surface area contributed by atoms with Crippen LogP contribution in [0.3, 0.4) is 0 Å². The number of benzene rings is 1. The summed E-state index contributed by atoms with van der Waals surface area (Å²) in [5, 5.41) is 0. The van der Waals surface area contributed by atoms with Gasteiger partial charge in [0.1, 0.15) is 0 Å². The highest BCUT2D eigenvalue weighted by Gasteiger charge is 2.04. The molecule has 2 aromatic rings. The Morgan fingerprint density at radius 2 is 1.82 bits per heavy atom. The number of aryl methyl sites for hydroxylation is 1. The summed E-state index contributed by atoms with van der Waals surface area (Å²) in [5.74, 6) is 0. The molecule has 1 aromatic carbocycles. The summed E-state index contributed by atoms with van der Waals surface area (Å²) in [6, 6.07) is 9.28. The highest BCUT2D eigenvalue weighted by Crippen LogP contribution is 2.16. The van der Waals surface area contributed by atoms with Crippen LogP contribution < -0.4 is 11.2 Å². The van der Waals surface area contributed by atoms with Gasteiger partial charge < -0.3 is 0 Å². The van der Waals surface area contributed by atoms with E-state index in [1.54, 1.807) is 7.05 Å². The number of nitrogens with zero attached hydrogens (tertiary/aromatic N) is 1. The molecule has 0 aliphatic rings. The van der Waals surface area contributed by atoms with Crippen LogP contribution in [0.15, 0.2) is 39.9 Å². The number of H-pyrrole nitrogens is 1. The molecule has 17 heavy (non-hydrogen) atoms. The van der Waals surface area contributed by atoms with E-state index >= 15 is 0 Å². The number of rotatable bonds is 2. The highest BCUT2D eigenvalue weighted by molar-refractivity contribution is 5.59. The van der Waals surface area contributed by atoms with Gasteiger partial charge in [-0.15, -0.1) is 0 Å². The molecule has 0 saturated heterocycles. The normalized spacial score (nSPS) is 10.5. The first kappa shape index (κ1) is 11.4.